The summed E-state index contributed by atoms with van der Waals surface area (Å²) in [5.74, 6) is 0. The van der Waals surface area contributed by atoms with Crippen LogP contribution in [0, 0.1) is 0 Å². The lowest BCUT2D eigenvalue weighted by Gasteiger charge is -2.22. The highest BCUT2D eigenvalue weighted by molar-refractivity contribution is 6.60. The molecule has 0 amide bonds. The van der Waals surface area contributed by atoms with Crippen LogP contribution in [0.15, 0.2) is 23.3 Å². The number of hydrogen-bond acceptors (Lipinski definition) is 3. The van der Waals surface area contributed by atoms with Crippen LogP contribution in [0.2, 0.25) is 6.04 Å². The van der Waals surface area contributed by atoms with Crippen LogP contribution >= 0.6 is 0 Å². The highest BCUT2D eigenvalue weighted by atomic mass is 28.4. The average Bonchev–Trinajstić information content (AvgIpc) is 3.03. The van der Waals surface area contributed by atoms with Crippen molar-refractivity contribution in [2.45, 2.75) is 77.2 Å². The normalized spacial score (nSPS) is 19.7. The van der Waals surface area contributed by atoms with Crippen LogP contribution in [0.25, 0.3) is 0 Å². The molecule has 4 heteroatoms. The summed E-state index contributed by atoms with van der Waals surface area (Å²) in [6.07, 6.45) is 18.9. The van der Waals surface area contributed by atoms with Crippen LogP contribution < -0.4 is 0 Å². The van der Waals surface area contributed by atoms with E-state index in [1.807, 2.05) is 6.92 Å². The minimum atomic E-state index is -2.19. The first kappa shape index (κ1) is 20.6. The van der Waals surface area contributed by atoms with Crippen molar-refractivity contribution >= 4 is 8.80 Å². The molecule has 0 aliphatic heterocycles. The minimum absolute atomic E-state index is 0.816. The maximum atomic E-state index is 5.08. The molecule has 0 unspecified atom stereocenters. The van der Waals surface area contributed by atoms with E-state index in [1.165, 1.54) is 64.2 Å². The van der Waals surface area contributed by atoms with Gasteiger partial charge in [-0.2, -0.15) is 0 Å². The summed E-state index contributed by atoms with van der Waals surface area (Å²) in [6, 6.07) is 0.816. The fraction of sp³-hybridized carbons (Fsp3) is 0.789. The van der Waals surface area contributed by atoms with Crippen molar-refractivity contribution < 1.29 is 13.3 Å². The zero-order valence-electron chi connectivity index (χ0n) is 15.7. The lowest BCUT2D eigenvalue weighted by Crippen LogP contribution is -2.41. The largest absolute Gasteiger partial charge is 0.499 e. The predicted molar refractivity (Wildman–Crippen MR) is 99.6 cm³/mol. The number of hydrogen-bond donors (Lipinski definition) is 0. The van der Waals surface area contributed by atoms with Crippen molar-refractivity contribution in [3.63, 3.8) is 0 Å². The molecule has 0 aromatic rings. The molecule has 0 atom stereocenters. The van der Waals surface area contributed by atoms with Crippen LogP contribution in [0.5, 0.6) is 0 Å². The fourth-order valence-corrected chi connectivity index (χ4v) is 4.66. The third-order valence-corrected chi connectivity index (χ3v) is 7.59. The lowest BCUT2D eigenvalue weighted by atomic mass is 9.97. The molecule has 2 aliphatic rings. The maximum Gasteiger partial charge on any atom is 0.499 e. The molecule has 23 heavy (non-hydrogen) atoms. The molecular weight excluding hydrogens is 304 g/mol. The Morgan fingerprint density at radius 1 is 0.739 bits per heavy atom. The first-order valence-corrected chi connectivity index (χ1v) is 11.2. The second-order valence-corrected chi connectivity index (χ2v) is 9.60. The van der Waals surface area contributed by atoms with Crippen molar-refractivity contribution in [1.29, 1.82) is 0 Å². The van der Waals surface area contributed by atoms with Gasteiger partial charge in [0, 0.05) is 27.4 Å². The molecule has 2 rings (SSSR count). The first-order valence-electron chi connectivity index (χ1n) is 9.25. The molecule has 0 saturated heterocycles. The Labute approximate surface area is 144 Å². The maximum absolute atomic E-state index is 5.08. The van der Waals surface area contributed by atoms with Gasteiger partial charge in [0.05, 0.1) is 0 Å². The Kier molecular flexibility index (Phi) is 10.8. The Morgan fingerprint density at radius 2 is 1.17 bits per heavy atom. The molecule has 134 valence electrons. The third kappa shape index (κ3) is 7.33. The molecule has 0 spiro atoms. The molecule has 0 fully saturated rings. The molecule has 0 saturated carbocycles. The quantitative estimate of drug-likeness (QED) is 0.605. The molecule has 0 heterocycles. The van der Waals surface area contributed by atoms with Gasteiger partial charge in [0.2, 0.25) is 0 Å². The lowest BCUT2D eigenvalue weighted by molar-refractivity contribution is 0.125. The van der Waals surface area contributed by atoms with Gasteiger partial charge in [-0.15, -0.1) is 0 Å². The van der Waals surface area contributed by atoms with Gasteiger partial charge >= 0.3 is 8.80 Å². The van der Waals surface area contributed by atoms with Crippen LogP contribution in [0.4, 0.5) is 0 Å². The van der Waals surface area contributed by atoms with E-state index >= 15 is 0 Å². The summed E-state index contributed by atoms with van der Waals surface area (Å²) in [7, 11) is 2.65. The van der Waals surface area contributed by atoms with E-state index in [0.717, 1.165) is 6.04 Å². The Balaban J connectivity index is 0.000000257. The summed E-state index contributed by atoms with van der Waals surface area (Å²) in [6.45, 7) is 1.99. The van der Waals surface area contributed by atoms with Crippen LogP contribution in [-0.4, -0.2) is 30.1 Å². The molecule has 0 radical (unpaired) electrons. The van der Waals surface area contributed by atoms with Crippen LogP contribution in [0.3, 0.4) is 0 Å². The van der Waals surface area contributed by atoms with E-state index < -0.39 is 8.80 Å². The molecule has 0 N–H and O–H groups in total. The standard InChI is InChI=1S/C14H22.C5H14O3Si/c1-2-6-10-13(9-5-1)14-11-7-3-4-8-12-14;1-5-9(6-2,7-3)8-4/h9,11H,1-8,10,12H2;5H2,1-4H3. The SMILES string of the molecule is C1=C(C2=CCCCCC2)CCCCC1.CC[Si](OC)(OC)OC. The van der Waals surface area contributed by atoms with Gasteiger partial charge < -0.3 is 13.3 Å². The third-order valence-electron chi connectivity index (χ3n) is 4.86. The second kappa shape index (κ2) is 12.0. The first-order chi connectivity index (χ1) is 11.2. The summed E-state index contributed by atoms with van der Waals surface area (Å²) < 4.78 is 15.2. The topological polar surface area (TPSA) is 27.7 Å². The van der Waals surface area contributed by atoms with E-state index in [-0.39, 0.29) is 0 Å². The van der Waals surface area contributed by atoms with Gasteiger partial charge in [-0.1, -0.05) is 31.9 Å². The minimum Gasteiger partial charge on any atom is -0.377 e. The van der Waals surface area contributed by atoms with Crippen molar-refractivity contribution in [2.75, 3.05) is 21.3 Å². The molecule has 0 bridgehead atoms. The van der Waals surface area contributed by atoms with Crippen molar-refractivity contribution in [3.8, 4) is 0 Å². The molecule has 2 aliphatic carbocycles. The zero-order chi connectivity index (χ0) is 17.0. The van der Waals surface area contributed by atoms with Gasteiger partial charge in [-0.05, 0) is 62.5 Å². The predicted octanol–water partition coefficient (Wildman–Crippen LogP) is 5.65. The highest BCUT2D eigenvalue weighted by Gasteiger charge is 2.34. The van der Waals surface area contributed by atoms with Gasteiger partial charge in [0.15, 0.2) is 0 Å². The number of rotatable bonds is 5. The number of allylic oxidation sites excluding steroid dienone is 4. The highest BCUT2D eigenvalue weighted by Crippen LogP contribution is 2.29. The second-order valence-electron chi connectivity index (χ2n) is 6.31. The Hall–Kier alpha value is -0.423. The average molecular weight is 341 g/mol. The summed E-state index contributed by atoms with van der Waals surface area (Å²) >= 11 is 0. The van der Waals surface area contributed by atoms with Gasteiger partial charge in [0.25, 0.3) is 0 Å². The van der Waals surface area contributed by atoms with E-state index in [0.29, 0.717) is 0 Å². The molecule has 0 aromatic heterocycles. The van der Waals surface area contributed by atoms with Gasteiger partial charge in [0.1, 0.15) is 0 Å². The fourth-order valence-electron chi connectivity index (χ4n) is 3.30. The Morgan fingerprint density at radius 3 is 1.48 bits per heavy atom. The smallest absolute Gasteiger partial charge is 0.377 e. The van der Waals surface area contributed by atoms with Crippen LogP contribution in [0.1, 0.15) is 71.1 Å². The zero-order valence-corrected chi connectivity index (χ0v) is 16.7. The Bertz CT molecular complexity index is 329. The van der Waals surface area contributed by atoms with Gasteiger partial charge in [-0.3, -0.25) is 0 Å². The monoisotopic (exact) mass is 340 g/mol. The van der Waals surface area contributed by atoms with E-state index in [2.05, 4.69) is 12.2 Å². The van der Waals surface area contributed by atoms with E-state index in [4.69, 9.17) is 13.3 Å². The molecule has 0 aromatic carbocycles. The summed E-state index contributed by atoms with van der Waals surface area (Å²) in [5, 5.41) is 0. The molecule has 3 nitrogen and oxygen atoms in total. The summed E-state index contributed by atoms with van der Waals surface area (Å²) in [4.78, 5) is 0. The van der Waals surface area contributed by atoms with Crippen molar-refractivity contribution in [1.82, 2.24) is 0 Å². The van der Waals surface area contributed by atoms with Crippen molar-refractivity contribution in [3.05, 3.63) is 23.3 Å². The molecular formula is C19H36O3Si. The van der Waals surface area contributed by atoms with E-state index in [1.54, 1.807) is 32.5 Å². The van der Waals surface area contributed by atoms with Gasteiger partial charge in [-0.25, -0.2) is 0 Å². The van der Waals surface area contributed by atoms with Crippen LogP contribution in [-0.2, 0) is 13.3 Å². The van der Waals surface area contributed by atoms with Crippen molar-refractivity contribution in [2.24, 2.45) is 0 Å². The van der Waals surface area contributed by atoms with E-state index in [9.17, 15) is 0 Å². The summed E-state index contributed by atoms with van der Waals surface area (Å²) in [5.41, 5.74) is 3.40.